The van der Waals surface area contributed by atoms with Gasteiger partial charge in [-0.1, -0.05) is 6.92 Å². The number of hydrogen-bond donors (Lipinski definition) is 1. The van der Waals surface area contributed by atoms with Gasteiger partial charge in [0, 0.05) is 13.1 Å². The van der Waals surface area contributed by atoms with Crippen molar-refractivity contribution < 1.29 is 18.3 Å². The molecule has 0 aromatic heterocycles. The predicted molar refractivity (Wildman–Crippen MR) is 84.4 cm³/mol. The van der Waals surface area contributed by atoms with Crippen molar-refractivity contribution in [2.24, 2.45) is 11.1 Å². The summed E-state index contributed by atoms with van der Waals surface area (Å²) in [7, 11) is 1.44. The number of halogens is 3. The first-order valence-corrected chi connectivity index (χ1v) is 7.90. The molecular weight excluding hydrogens is 358 g/mol. The van der Waals surface area contributed by atoms with Crippen molar-refractivity contribution >= 4 is 15.9 Å². The molecule has 124 valence electrons. The second-order valence-corrected chi connectivity index (χ2v) is 6.82. The highest BCUT2D eigenvalue weighted by Crippen LogP contribution is 2.38. The molecule has 1 saturated heterocycles. The summed E-state index contributed by atoms with van der Waals surface area (Å²) >= 11 is 3.28. The maximum atomic E-state index is 12.5. The van der Waals surface area contributed by atoms with E-state index in [1.807, 2.05) is 0 Å². The number of hydrogen-bond acceptors (Lipinski definition) is 4. The van der Waals surface area contributed by atoms with E-state index < -0.39 is 6.61 Å². The van der Waals surface area contributed by atoms with Gasteiger partial charge in [-0.15, -0.1) is 0 Å². The van der Waals surface area contributed by atoms with E-state index >= 15 is 0 Å². The van der Waals surface area contributed by atoms with Gasteiger partial charge in [0.05, 0.1) is 11.6 Å². The highest BCUT2D eigenvalue weighted by atomic mass is 79.9. The number of nitrogens with two attached hydrogens (primary N) is 1. The minimum atomic E-state index is -2.89. The fraction of sp³-hybridized carbons (Fsp3) is 0.600. The third kappa shape index (κ3) is 4.08. The molecule has 1 aromatic rings. The van der Waals surface area contributed by atoms with Gasteiger partial charge >= 0.3 is 6.61 Å². The van der Waals surface area contributed by atoms with Crippen LogP contribution in [0.5, 0.6) is 11.5 Å². The Morgan fingerprint density at radius 1 is 1.45 bits per heavy atom. The zero-order valence-electron chi connectivity index (χ0n) is 12.7. The first kappa shape index (κ1) is 17.4. The monoisotopic (exact) mass is 378 g/mol. The Bertz CT molecular complexity index is 531. The molecule has 7 heteroatoms. The largest absolute Gasteiger partial charge is 0.493 e. The van der Waals surface area contributed by atoms with Crippen LogP contribution in [0.15, 0.2) is 16.6 Å². The van der Waals surface area contributed by atoms with Crippen molar-refractivity contribution in [1.82, 2.24) is 4.90 Å². The first-order chi connectivity index (χ1) is 10.4. The molecule has 1 aromatic carbocycles. The normalized spacial score (nSPS) is 22.3. The topological polar surface area (TPSA) is 47.7 Å². The number of alkyl halides is 2. The molecule has 1 atom stereocenters. The van der Waals surface area contributed by atoms with E-state index in [0.717, 1.165) is 31.6 Å². The molecule has 2 rings (SSSR count). The summed E-state index contributed by atoms with van der Waals surface area (Å²) in [4.78, 5) is 2.31. The van der Waals surface area contributed by atoms with Crippen molar-refractivity contribution in [2.75, 3.05) is 26.7 Å². The molecule has 4 nitrogen and oxygen atoms in total. The molecule has 0 bridgehead atoms. The zero-order valence-corrected chi connectivity index (χ0v) is 14.3. The van der Waals surface area contributed by atoms with E-state index in [-0.39, 0.29) is 11.2 Å². The van der Waals surface area contributed by atoms with E-state index in [1.165, 1.54) is 7.11 Å². The third-order valence-electron chi connectivity index (χ3n) is 4.03. The van der Waals surface area contributed by atoms with Crippen LogP contribution in [-0.4, -0.2) is 38.3 Å². The zero-order chi connectivity index (χ0) is 16.3. The SMILES string of the molecule is COc1cc(CN2CCC(C)(CN)C2)cc(Br)c1OC(F)F. The van der Waals surface area contributed by atoms with Gasteiger partial charge in [0.2, 0.25) is 0 Å². The second-order valence-electron chi connectivity index (χ2n) is 5.96. The molecule has 1 aliphatic heterocycles. The molecule has 2 N–H and O–H groups in total. The fourth-order valence-corrected chi connectivity index (χ4v) is 3.34. The van der Waals surface area contributed by atoms with Crippen LogP contribution in [0.25, 0.3) is 0 Å². The van der Waals surface area contributed by atoms with Crippen molar-refractivity contribution in [2.45, 2.75) is 26.5 Å². The van der Waals surface area contributed by atoms with Crippen LogP contribution in [0, 0.1) is 5.41 Å². The average Bonchev–Trinajstić information content (AvgIpc) is 2.83. The van der Waals surface area contributed by atoms with Gasteiger partial charge in [-0.05, 0) is 58.6 Å². The van der Waals surface area contributed by atoms with Crippen LogP contribution in [0.4, 0.5) is 8.78 Å². The summed E-state index contributed by atoms with van der Waals surface area (Å²) in [6.07, 6.45) is 1.06. The minimum Gasteiger partial charge on any atom is -0.493 e. The quantitative estimate of drug-likeness (QED) is 0.825. The van der Waals surface area contributed by atoms with E-state index in [9.17, 15) is 8.78 Å². The maximum absolute atomic E-state index is 12.5. The van der Waals surface area contributed by atoms with Gasteiger partial charge in [0.25, 0.3) is 0 Å². The van der Waals surface area contributed by atoms with E-state index in [1.54, 1.807) is 12.1 Å². The maximum Gasteiger partial charge on any atom is 0.387 e. The van der Waals surface area contributed by atoms with Crippen LogP contribution in [0.2, 0.25) is 0 Å². The lowest BCUT2D eigenvalue weighted by Crippen LogP contribution is -2.31. The summed E-state index contributed by atoms with van der Waals surface area (Å²) in [5.41, 5.74) is 6.95. The van der Waals surface area contributed by atoms with Crippen LogP contribution in [-0.2, 0) is 6.54 Å². The first-order valence-electron chi connectivity index (χ1n) is 7.10. The van der Waals surface area contributed by atoms with Crippen molar-refractivity contribution in [3.05, 3.63) is 22.2 Å². The molecule has 1 fully saturated rings. The van der Waals surface area contributed by atoms with E-state index in [4.69, 9.17) is 10.5 Å². The smallest absolute Gasteiger partial charge is 0.387 e. The summed E-state index contributed by atoms with van der Waals surface area (Å²) in [6, 6.07) is 3.53. The van der Waals surface area contributed by atoms with Crippen LogP contribution in [0.3, 0.4) is 0 Å². The molecule has 0 amide bonds. The Kier molecular flexibility index (Phi) is 5.63. The predicted octanol–water partition coefficient (Wildman–Crippen LogP) is 3.23. The van der Waals surface area contributed by atoms with Gasteiger partial charge in [0.1, 0.15) is 0 Å². The molecule has 1 aliphatic rings. The lowest BCUT2D eigenvalue weighted by atomic mass is 9.90. The van der Waals surface area contributed by atoms with Gasteiger partial charge in [-0.25, -0.2) is 0 Å². The third-order valence-corrected chi connectivity index (χ3v) is 4.62. The second kappa shape index (κ2) is 7.10. The van der Waals surface area contributed by atoms with Gasteiger partial charge in [0.15, 0.2) is 11.5 Å². The lowest BCUT2D eigenvalue weighted by molar-refractivity contribution is -0.0517. The summed E-state index contributed by atoms with van der Waals surface area (Å²) in [6.45, 7) is 2.59. The Hall–Kier alpha value is -0.920. The van der Waals surface area contributed by atoms with Gasteiger partial charge < -0.3 is 15.2 Å². The summed E-state index contributed by atoms with van der Waals surface area (Å²) in [5.74, 6) is 0.319. The number of nitrogens with zero attached hydrogens (tertiary/aromatic N) is 1. The van der Waals surface area contributed by atoms with Crippen LogP contribution in [0.1, 0.15) is 18.9 Å². The molecule has 0 aliphatic carbocycles. The number of methoxy groups -OCH3 is 1. The molecule has 1 heterocycles. The molecule has 22 heavy (non-hydrogen) atoms. The summed E-state index contributed by atoms with van der Waals surface area (Å²) < 4.78 is 35.0. The van der Waals surface area contributed by atoms with Crippen LogP contribution < -0.4 is 15.2 Å². The van der Waals surface area contributed by atoms with Crippen molar-refractivity contribution in [3.63, 3.8) is 0 Å². The fourth-order valence-electron chi connectivity index (χ4n) is 2.75. The molecule has 0 radical (unpaired) electrons. The Labute approximate surface area is 137 Å². The van der Waals surface area contributed by atoms with Crippen LogP contribution >= 0.6 is 15.9 Å². The number of benzene rings is 1. The molecule has 0 spiro atoms. The molecule has 0 saturated carbocycles. The average molecular weight is 379 g/mol. The lowest BCUT2D eigenvalue weighted by Gasteiger charge is -2.23. The minimum absolute atomic E-state index is 0.0227. The number of rotatable bonds is 6. The van der Waals surface area contributed by atoms with E-state index in [2.05, 4.69) is 32.5 Å². The molecular formula is C15H21BrF2N2O2. The van der Waals surface area contributed by atoms with Crippen molar-refractivity contribution in [1.29, 1.82) is 0 Å². The standard InChI is InChI=1S/C15H21BrF2N2O2/c1-15(8-19)3-4-20(9-15)7-10-5-11(16)13(22-14(17)18)12(6-10)21-2/h5-6,14H,3-4,7-9,19H2,1-2H3. The number of likely N-dealkylation sites (tertiary alicyclic amines) is 1. The summed E-state index contributed by atoms with van der Waals surface area (Å²) in [5, 5.41) is 0. The Balaban J connectivity index is 2.14. The van der Waals surface area contributed by atoms with Gasteiger partial charge in [-0.2, -0.15) is 8.78 Å². The number of ether oxygens (including phenoxy) is 2. The highest BCUT2D eigenvalue weighted by molar-refractivity contribution is 9.10. The Morgan fingerprint density at radius 3 is 2.73 bits per heavy atom. The molecule has 1 unspecified atom stereocenters. The Morgan fingerprint density at radius 2 is 2.18 bits per heavy atom. The van der Waals surface area contributed by atoms with Gasteiger partial charge in [-0.3, -0.25) is 4.90 Å². The van der Waals surface area contributed by atoms with Crippen molar-refractivity contribution in [3.8, 4) is 11.5 Å². The highest BCUT2D eigenvalue weighted by Gasteiger charge is 2.32. The van der Waals surface area contributed by atoms with E-state index in [0.29, 0.717) is 16.8 Å².